The van der Waals surface area contributed by atoms with Crippen molar-refractivity contribution in [3.63, 3.8) is 0 Å². The Bertz CT molecular complexity index is 688. The Labute approximate surface area is 162 Å². The fraction of sp³-hybridized carbons (Fsp3) is 0.682. The van der Waals surface area contributed by atoms with E-state index in [0.29, 0.717) is 11.9 Å². The van der Waals surface area contributed by atoms with Crippen molar-refractivity contribution in [2.24, 2.45) is 10.8 Å². The van der Waals surface area contributed by atoms with E-state index in [1.54, 1.807) is 24.0 Å². The number of hydrogen-bond acceptors (Lipinski definition) is 3. The van der Waals surface area contributed by atoms with Crippen LogP contribution in [0.25, 0.3) is 0 Å². The van der Waals surface area contributed by atoms with Gasteiger partial charge in [0, 0.05) is 0 Å². The lowest BCUT2D eigenvalue weighted by molar-refractivity contribution is -1.18. The molecule has 1 aromatic carbocycles. The highest BCUT2D eigenvalue weighted by atomic mass is 16.5. The van der Waals surface area contributed by atoms with Crippen LogP contribution in [0.4, 0.5) is 0 Å². The molecule has 5 heteroatoms. The van der Waals surface area contributed by atoms with Crippen molar-refractivity contribution < 1.29 is 24.1 Å². The van der Waals surface area contributed by atoms with Gasteiger partial charge in [0.15, 0.2) is 17.3 Å². The maximum atomic E-state index is 13.6. The fourth-order valence-corrected chi connectivity index (χ4v) is 6.61. The second kappa shape index (κ2) is 6.78. The number of carbonyl (C=O) groups excluding carboxylic acids is 1. The van der Waals surface area contributed by atoms with E-state index in [1.807, 2.05) is 6.07 Å². The predicted octanol–water partition coefficient (Wildman–Crippen LogP) is 0.655. The molecule has 0 aliphatic carbocycles. The van der Waals surface area contributed by atoms with Gasteiger partial charge in [-0.3, -0.25) is 14.6 Å². The number of carbonyl (C=O) groups is 1. The van der Waals surface area contributed by atoms with Gasteiger partial charge in [-0.25, -0.2) is 0 Å². The SMILES string of the molecule is CCCC12C[NH+]3CC(CCC)(C[NH+](C1)C3c1ccc(OC)c(OC)c1)C2=O. The van der Waals surface area contributed by atoms with Gasteiger partial charge in [-0.2, -0.15) is 0 Å². The predicted molar refractivity (Wildman–Crippen MR) is 103 cm³/mol. The zero-order valence-corrected chi connectivity index (χ0v) is 17.2. The molecule has 0 unspecified atom stereocenters. The van der Waals surface area contributed by atoms with Crippen LogP contribution in [0, 0.1) is 10.8 Å². The van der Waals surface area contributed by atoms with Crippen LogP contribution in [0.15, 0.2) is 18.2 Å². The first kappa shape index (κ1) is 18.8. The van der Waals surface area contributed by atoms with Gasteiger partial charge < -0.3 is 9.47 Å². The molecular weight excluding hydrogens is 340 g/mol. The van der Waals surface area contributed by atoms with E-state index in [-0.39, 0.29) is 10.8 Å². The van der Waals surface area contributed by atoms with Gasteiger partial charge in [-0.1, -0.05) is 26.7 Å². The molecule has 4 bridgehead atoms. The van der Waals surface area contributed by atoms with Gasteiger partial charge in [0.25, 0.3) is 0 Å². The third-order valence-corrected chi connectivity index (χ3v) is 7.24. The number of ketones is 1. The topological polar surface area (TPSA) is 44.4 Å². The summed E-state index contributed by atoms with van der Waals surface area (Å²) >= 11 is 0. The van der Waals surface area contributed by atoms with Crippen LogP contribution in [-0.4, -0.2) is 46.2 Å². The lowest BCUT2D eigenvalue weighted by Gasteiger charge is -2.60. The summed E-state index contributed by atoms with van der Waals surface area (Å²) in [4.78, 5) is 16.7. The van der Waals surface area contributed by atoms with Gasteiger partial charge >= 0.3 is 0 Å². The largest absolute Gasteiger partial charge is 0.493 e. The Morgan fingerprint density at radius 2 is 1.44 bits per heavy atom. The molecule has 4 aliphatic rings. The van der Waals surface area contributed by atoms with Crippen molar-refractivity contribution in [2.75, 3.05) is 40.4 Å². The summed E-state index contributed by atoms with van der Waals surface area (Å²) in [5, 5.41) is 0. The van der Waals surface area contributed by atoms with E-state index in [4.69, 9.17) is 9.47 Å². The Morgan fingerprint density at radius 1 is 0.926 bits per heavy atom. The van der Waals surface area contributed by atoms with E-state index in [0.717, 1.165) is 63.4 Å². The first-order valence-corrected chi connectivity index (χ1v) is 10.5. The van der Waals surface area contributed by atoms with Crippen LogP contribution >= 0.6 is 0 Å². The van der Waals surface area contributed by atoms with Crippen molar-refractivity contribution in [1.82, 2.24) is 0 Å². The summed E-state index contributed by atoms with van der Waals surface area (Å²) < 4.78 is 11.0. The lowest BCUT2D eigenvalue weighted by atomic mass is 9.57. The van der Waals surface area contributed by atoms with Crippen LogP contribution in [0.2, 0.25) is 0 Å². The third kappa shape index (κ3) is 2.70. The average molecular weight is 375 g/mol. The van der Waals surface area contributed by atoms with E-state index in [9.17, 15) is 4.79 Å². The summed E-state index contributed by atoms with van der Waals surface area (Å²) in [6, 6.07) is 6.36. The molecule has 4 heterocycles. The highest BCUT2D eigenvalue weighted by molar-refractivity contribution is 5.92. The third-order valence-electron chi connectivity index (χ3n) is 7.24. The van der Waals surface area contributed by atoms with Gasteiger partial charge in [0.1, 0.15) is 37.0 Å². The van der Waals surface area contributed by atoms with Crippen molar-refractivity contribution in [3.05, 3.63) is 23.8 Å². The number of quaternary nitrogens is 2. The Hall–Kier alpha value is -1.59. The molecule has 27 heavy (non-hydrogen) atoms. The van der Waals surface area contributed by atoms with Gasteiger partial charge in [-0.15, -0.1) is 0 Å². The van der Waals surface area contributed by atoms with E-state index in [2.05, 4.69) is 26.0 Å². The van der Waals surface area contributed by atoms with Crippen molar-refractivity contribution in [1.29, 1.82) is 0 Å². The number of ether oxygens (including phenoxy) is 2. The van der Waals surface area contributed by atoms with Crippen LogP contribution in [0.5, 0.6) is 11.5 Å². The van der Waals surface area contributed by atoms with E-state index >= 15 is 0 Å². The number of rotatable bonds is 7. The Morgan fingerprint density at radius 3 is 1.89 bits per heavy atom. The molecule has 4 fully saturated rings. The smallest absolute Gasteiger partial charge is 0.240 e. The molecule has 0 amide bonds. The number of nitrogens with one attached hydrogen (secondary N) is 2. The molecule has 0 saturated carbocycles. The highest BCUT2D eigenvalue weighted by Crippen LogP contribution is 2.42. The first-order valence-electron chi connectivity index (χ1n) is 10.5. The number of piperidine rings is 2. The highest BCUT2D eigenvalue weighted by Gasteiger charge is 2.70. The van der Waals surface area contributed by atoms with Gasteiger partial charge in [0.05, 0.1) is 19.8 Å². The summed E-state index contributed by atoms with van der Waals surface area (Å²) in [6.45, 7) is 8.42. The summed E-state index contributed by atoms with van der Waals surface area (Å²) in [5.41, 5.74) is 1.11. The summed E-state index contributed by atoms with van der Waals surface area (Å²) in [6.07, 6.45) is 4.67. The maximum Gasteiger partial charge on any atom is 0.240 e. The van der Waals surface area contributed by atoms with Gasteiger partial charge in [-0.05, 0) is 31.0 Å². The molecule has 5 nitrogen and oxygen atoms in total. The molecule has 1 aromatic rings. The lowest BCUT2D eigenvalue weighted by Crippen LogP contribution is -3.41. The molecule has 5 rings (SSSR count). The van der Waals surface area contributed by atoms with E-state index in [1.165, 1.54) is 5.56 Å². The zero-order valence-electron chi connectivity index (χ0n) is 17.2. The second-order valence-corrected chi connectivity index (χ2v) is 8.96. The van der Waals surface area contributed by atoms with Crippen LogP contribution in [0.3, 0.4) is 0 Å². The molecule has 0 spiro atoms. The van der Waals surface area contributed by atoms with Crippen molar-refractivity contribution in [2.45, 2.75) is 45.7 Å². The molecule has 2 N–H and O–H groups in total. The minimum absolute atomic E-state index is 0.0991. The zero-order chi connectivity index (χ0) is 19.2. The molecular formula is C22H34N2O3+2. The first-order chi connectivity index (χ1) is 13.0. The fourth-order valence-electron chi connectivity index (χ4n) is 6.61. The minimum Gasteiger partial charge on any atom is -0.493 e. The summed E-state index contributed by atoms with van der Waals surface area (Å²) in [7, 11) is 3.38. The van der Waals surface area contributed by atoms with Gasteiger partial charge in [0.2, 0.25) is 6.17 Å². The second-order valence-electron chi connectivity index (χ2n) is 8.96. The van der Waals surface area contributed by atoms with Crippen molar-refractivity contribution >= 4 is 5.78 Å². The normalized spacial score (nSPS) is 36.9. The standard InChI is InChI=1S/C22H32N2O3/c1-5-9-21-12-23-14-22(10-6-2,20(21)25)15-24(13-21)19(23)16-7-8-17(26-3)18(11-16)27-4/h7-8,11,19H,5-6,9-10,12-15H2,1-4H3/p+2. The van der Waals surface area contributed by atoms with Crippen molar-refractivity contribution in [3.8, 4) is 11.5 Å². The quantitative estimate of drug-likeness (QED) is 0.737. The molecule has 4 saturated heterocycles. The number of Topliss-reactive ketones (excluding diaryl/α,β-unsaturated/α-hetero) is 1. The minimum atomic E-state index is -0.0991. The Kier molecular flexibility index (Phi) is 4.71. The number of hydrogen-bond donors (Lipinski definition) is 2. The van der Waals surface area contributed by atoms with Crippen LogP contribution in [0.1, 0.15) is 51.3 Å². The molecule has 0 radical (unpaired) electrons. The number of benzene rings is 1. The molecule has 0 atom stereocenters. The Balaban J connectivity index is 1.71. The average Bonchev–Trinajstić information content (AvgIpc) is 2.65. The molecule has 0 aromatic heterocycles. The van der Waals surface area contributed by atoms with Crippen LogP contribution < -0.4 is 19.3 Å². The summed E-state index contributed by atoms with van der Waals surface area (Å²) in [5.74, 6) is 2.17. The maximum absolute atomic E-state index is 13.6. The van der Waals surface area contributed by atoms with Crippen LogP contribution in [-0.2, 0) is 4.79 Å². The molecule has 4 aliphatic heterocycles. The monoisotopic (exact) mass is 374 g/mol. The molecule has 148 valence electrons. The number of methoxy groups -OCH3 is 2. The van der Waals surface area contributed by atoms with E-state index < -0.39 is 0 Å².